The van der Waals surface area contributed by atoms with Crippen LogP contribution in [0.5, 0.6) is 0 Å². The van der Waals surface area contributed by atoms with E-state index in [0.717, 1.165) is 18.7 Å². The SMILES string of the molecule is CCC(C)N(Cc1cccn1Cc1ccccc1)C(=O)COC. The first-order chi connectivity index (χ1) is 11.2. The van der Waals surface area contributed by atoms with Gasteiger partial charge in [0.25, 0.3) is 0 Å². The molecule has 0 saturated carbocycles. The summed E-state index contributed by atoms with van der Waals surface area (Å²) in [5.74, 6) is 0.0364. The lowest BCUT2D eigenvalue weighted by atomic mass is 10.2. The van der Waals surface area contributed by atoms with Gasteiger partial charge in [-0.15, -0.1) is 0 Å². The fraction of sp³-hybridized carbons (Fsp3) is 0.421. The molecule has 2 aromatic rings. The summed E-state index contributed by atoms with van der Waals surface area (Å²) < 4.78 is 7.23. The molecule has 4 heteroatoms. The largest absolute Gasteiger partial charge is 0.375 e. The molecule has 1 amide bonds. The molecule has 1 atom stereocenters. The highest BCUT2D eigenvalue weighted by atomic mass is 16.5. The summed E-state index contributed by atoms with van der Waals surface area (Å²) in [7, 11) is 1.56. The van der Waals surface area contributed by atoms with Gasteiger partial charge in [-0.05, 0) is 31.0 Å². The normalized spacial score (nSPS) is 12.1. The van der Waals surface area contributed by atoms with E-state index in [1.807, 2.05) is 29.2 Å². The van der Waals surface area contributed by atoms with Gasteiger partial charge in [-0.1, -0.05) is 37.3 Å². The standard InChI is InChI=1S/C19H26N2O2/c1-4-16(2)21(19(22)15-23-3)14-18-11-8-12-20(18)13-17-9-6-5-7-10-17/h5-12,16H,4,13-15H2,1-3H3. The number of amides is 1. The number of aromatic nitrogens is 1. The van der Waals surface area contributed by atoms with Gasteiger partial charge in [-0.2, -0.15) is 0 Å². The number of ether oxygens (including phenoxy) is 1. The lowest BCUT2D eigenvalue weighted by Crippen LogP contribution is -2.40. The monoisotopic (exact) mass is 314 g/mol. The van der Waals surface area contributed by atoms with E-state index < -0.39 is 0 Å². The van der Waals surface area contributed by atoms with E-state index >= 15 is 0 Å². The molecule has 2 rings (SSSR count). The second kappa shape index (κ2) is 8.53. The van der Waals surface area contributed by atoms with Crippen LogP contribution in [-0.4, -0.2) is 35.1 Å². The van der Waals surface area contributed by atoms with E-state index in [0.29, 0.717) is 6.54 Å². The molecule has 0 spiro atoms. The molecule has 1 aromatic heterocycles. The Morgan fingerprint density at radius 3 is 2.61 bits per heavy atom. The zero-order valence-corrected chi connectivity index (χ0v) is 14.2. The van der Waals surface area contributed by atoms with E-state index in [-0.39, 0.29) is 18.6 Å². The van der Waals surface area contributed by atoms with Gasteiger partial charge in [0.15, 0.2) is 0 Å². The van der Waals surface area contributed by atoms with Crippen molar-refractivity contribution in [3.05, 3.63) is 59.9 Å². The average molecular weight is 314 g/mol. The van der Waals surface area contributed by atoms with Crippen molar-refractivity contribution in [1.82, 2.24) is 9.47 Å². The third-order valence-corrected chi connectivity index (χ3v) is 4.16. The van der Waals surface area contributed by atoms with Crippen LogP contribution in [0.3, 0.4) is 0 Å². The van der Waals surface area contributed by atoms with Crippen LogP contribution in [0.25, 0.3) is 0 Å². The van der Waals surface area contributed by atoms with Gasteiger partial charge in [0.2, 0.25) is 5.91 Å². The van der Waals surface area contributed by atoms with Crippen molar-refractivity contribution >= 4 is 5.91 Å². The molecule has 0 radical (unpaired) electrons. The minimum absolute atomic E-state index is 0.0364. The smallest absolute Gasteiger partial charge is 0.249 e. The molecule has 0 fully saturated rings. The molecule has 0 N–H and O–H groups in total. The molecule has 0 saturated heterocycles. The first-order valence-electron chi connectivity index (χ1n) is 8.12. The van der Waals surface area contributed by atoms with E-state index in [2.05, 4.69) is 42.8 Å². The first kappa shape index (κ1) is 17.3. The van der Waals surface area contributed by atoms with Gasteiger partial charge < -0.3 is 14.2 Å². The van der Waals surface area contributed by atoms with Crippen molar-refractivity contribution in [3.63, 3.8) is 0 Å². The fourth-order valence-corrected chi connectivity index (χ4v) is 2.62. The van der Waals surface area contributed by atoms with Crippen LogP contribution in [-0.2, 0) is 22.6 Å². The Morgan fingerprint density at radius 1 is 1.22 bits per heavy atom. The Bertz CT molecular complexity index is 607. The molecule has 1 unspecified atom stereocenters. The molecule has 0 bridgehead atoms. The summed E-state index contributed by atoms with van der Waals surface area (Å²) in [5, 5.41) is 0. The third kappa shape index (κ3) is 4.70. The molecule has 0 aliphatic carbocycles. The maximum Gasteiger partial charge on any atom is 0.249 e. The van der Waals surface area contributed by atoms with Crippen molar-refractivity contribution in [3.8, 4) is 0 Å². The molecule has 0 aliphatic rings. The van der Waals surface area contributed by atoms with Gasteiger partial charge in [-0.3, -0.25) is 4.79 Å². The number of hydrogen-bond donors (Lipinski definition) is 0. The molecule has 4 nitrogen and oxygen atoms in total. The Balaban J connectivity index is 2.14. The van der Waals surface area contributed by atoms with Crippen molar-refractivity contribution in [1.29, 1.82) is 0 Å². The zero-order valence-electron chi connectivity index (χ0n) is 14.2. The molecular formula is C19H26N2O2. The maximum absolute atomic E-state index is 12.3. The second-order valence-corrected chi connectivity index (χ2v) is 5.82. The van der Waals surface area contributed by atoms with Crippen LogP contribution in [0, 0.1) is 0 Å². The number of carbonyl (C=O) groups is 1. The highest BCUT2D eigenvalue weighted by Crippen LogP contribution is 2.14. The Hall–Kier alpha value is -2.07. The van der Waals surface area contributed by atoms with Crippen LogP contribution >= 0.6 is 0 Å². The lowest BCUT2D eigenvalue weighted by molar-refractivity contribution is -0.138. The summed E-state index contributed by atoms with van der Waals surface area (Å²) in [5.41, 5.74) is 2.39. The Labute approximate surface area is 138 Å². The number of hydrogen-bond acceptors (Lipinski definition) is 2. The van der Waals surface area contributed by atoms with Crippen LogP contribution in [0.15, 0.2) is 48.7 Å². The predicted octanol–water partition coefficient (Wildman–Crippen LogP) is 3.31. The van der Waals surface area contributed by atoms with E-state index in [1.165, 1.54) is 5.56 Å². The minimum atomic E-state index is 0.0364. The van der Waals surface area contributed by atoms with Crippen LogP contribution in [0.1, 0.15) is 31.5 Å². The average Bonchev–Trinajstić information content (AvgIpc) is 3.00. The highest BCUT2D eigenvalue weighted by Gasteiger charge is 2.20. The molecule has 124 valence electrons. The van der Waals surface area contributed by atoms with Crippen molar-refractivity contribution in [2.24, 2.45) is 0 Å². The van der Waals surface area contributed by atoms with Gasteiger partial charge in [0.05, 0.1) is 6.54 Å². The fourth-order valence-electron chi connectivity index (χ4n) is 2.62. The van der Waals surface area contributed by atoms with Crippen molar-refractivity contribution in [2.45, 2.75) is 39.4 Å². The zero-order chi connectivity index (χ0) is 16.7. The number of methoxy groups -OCH3 is 1. The number of carbonyl (C=O) groups excluding carboxylic acids is 1. The van der Waals surface area contributed by atoms with Gasteiger partial charge in [0.1, 0.15) is 6.61 Å². The van der Waals surface area contributed by atoms with Crippen molar-refractivity contribution in [2.75, 3.05) is 13.7 Å². The van der Waals surface area contributed by atoms with Gasteiger partial charge >= 0.3 is 0 Å². The summed E-state index contributed by atoms with van der Waals surface area (Å²) >= 11 is 0. The topological polar surface area (TPSA) is 34.5 Å². The van der Waals surface area contributed by atoms with Gasteiger partial charge in [-0.25, -0.2) is 0 Å². The quantitative estimate of drug-likeness (QED) is 0.749. The maximum atomic E-state index is 12.3. The summed E-state index contributed by atoms with van der Waals surface area (Å²) in [6.45, 7) is 5.73. The molecule has 1 heterocycles. The van der Waals surface area contributed by atoms with E-state index in [4.69, 9.17) is 4.74 Å². The lowest BCUT2D eigenvalue weighted by Gasteiger charge is -2.29. The Kier molecular flexibility index (Phi) is 6.41. The number of rotatable bonds is 8. The van der Waals surface area contributed by atoms with Gasteiger partial charge in [0, 0.05) is 31.6 Å². The number of benzene rings is 1. The van der Waals surface area contributed by atoms with Crippen LogP contribution in [0.4, 0.5) is 0 Å². The molecule has 23 heavy (non-hydrogen) atoms. The summed E-state index contributed by atoms with van der Waals surface area (Å²) in [4.78, 5) is 14.2. The van der Waals surface area contributed by atoms with E-state index in [9.17, 15) is 4.79 Å². The van der Waals surface area contributed by atoms with E-state index in [1.54, 1.807) is 7.11 Å². The second-order valence-electron chi connectivity index (χ2n) is 5.82. The summed E-state index contributed by atoms with van der Waals surface area (Å²) in [6.07, 6.45) is 2.99. The third-order valence-electron chi connectivity index (χ3n) is 4.16. The van der Waals surface area contributed by atoms with Crippen LogP contribution in [0.2, 0.25) is 0 Å². The highest BCUT2D eigenvalue weighted by molar-refractivity contribution is 5.77. The number of nitrogens with zero attached hydrogens (tertiary/aromatic N) is 2. The predicted molar refractivity (Wildman–Crippen MR) is 92.2 cm³/mol. The minimum Gasteiger partial charge on any atom is -0.375 e. The first-order valence-corrected chi connectivity index (χ1v) is 8.12. The summed E-state index contributed by atoms with van der Waals surface area (Å²) in [6, 6.07) is 14.7. The molecular weight excluding hydrogens is 288 g/mol. The Morgan fingerprint density at radius 2 is 1.96 bits per heavy atom. The molecule has 1 aromatic carbocycles. The van der Waals surface area contributed by atoms with Crippen LogP contribution < -0.4 is 0 Å². The van der Waals surface area contributed by atoms with Crippen molar-refractivity contribution < 1.29 is 9.53 Å². The molecule has 0 aliphatic heterocycles.